The number of anilines is 2. The first kappa shape index (κ1) is 23.3. The summed E-state index contributed by atoms with van der Waals surface area (Å²) in [6.45, 7) is 3.56. The smallest absolute Gasteiger partial charge is 0.238 e. The molecule has 3 aliphatic heterocycles. The van der Waals surface area contributed by atoms with E-state index in [1.54, 1.807) is 24.3 Å². The molecule has 0 saturated carbocycles. The summed E-state index contributed by atoms with van der Waals surface area (Å²) in [6.07, 6.45) is 5.53. The molecule has 0 aliphatic carbocycles. The highest BCUT2D eigenvalue weighted by Gasteiger charge is 2.69. The Kier molecular flexibility index (Phi) is 5.37. The molecular formula is C31H27FN2O3. The number of nitrogens with zero attached hydrogens (tertiary/aromatic N) is 1. The number of rotatable bonds is 5. The number of amides is 1. The summed E-state index contributed by atoms with van der Waals surface area (Å²) in [4.78, 5) is 43.7. The molecule has 0 bridgehead atoms. The highest BCUT2D eigenvalue weighted by Crippen LogP contribution is 2.57. The van der Waals surface area contributed by atoms with Crippen molar-refractivity contribution in [3.8, 4) is 0 Å². The summed E-state index contributed by atoms with van der Waals surface area (Å²) in [7, 11) is 0. The maximum absolute atomic E-state index is 14.4. The highest BCUT2D eigenvalue weighted by atomic mass is 19.1. The van der Waals surface area contributed by atoms with Gasteiger partial charge in [0.1, 0.15) is 11.2 Å². The predicted octanol–water partition coefficient (Wildman–Crippen LogP) is 5.34. The Morgan fingerprint density at radius 2 is 1.81 bits per heavy atom. The Balaban J connectivity index is 1.60. The van der Waals surface area contributed by atoms with E-state index in [1.165, 1.54) is 19.1 Å². The molecule has 6 heteroatoms. The van der Waals surface area contributed by atoms with E-state index in [-0.39, 0.29) is 23.3 Å². The fourth-order valence-electron chi connectivity index (χ4n) is 6.61. The third-order valence-corrected chi connectivity index (χ3v) is 8.07. The van der Waals surface area contributed by atoms with Crippen molar-refractivity contribution in [2.75, 3.05) is 10.2 Å². The number of benzene rings is 3. The summed E-state index contributed by atoms with van der Waals surface area (Å²) in [6, 6.07) is 17.8. The van der Waals surface area contributed by atoms with Crippen LogP contribution in [0, 0.1) is 11.7 Å². The number of halogens is 1. The van der Waals surface area contributed by atoms with Gasteiger partial charge < -0.3 is 10.2 Å². The molecule has 0 unspecified atom stereocenters. The summed E-state index contributed by atoms with van der Waals surface area (Å²) < 4.78 is 14.1. The summed E-state index contributed by atoms with van der Waals surface area (Å²) >= 11 is 0. The van der Waals surface area contributed by atoms with Gasteiger partial charge in [-0.25, -0.2) is 4.39 Å². The lowest BCUT2D eigenvalue weighted by atomic mass is 9.64. The standard InChI is InChI=1S/C31H27FN2O3/c1-3-6-19-9-11-20(12-10-19)29(36)27-28(18(2)35)34-25-15-14-22(32)17-21(25)13-16-26(34)31(27)23-7-4-5-8-24(23)33-30(31)37/h4-5,7-17,26-28H,3,6H2,1-2H3,(H,33,37)/t26-,27+,28+,31-/m1/s1. The Morgan fingerprint density at radius 3 is 2.54 bits per heavy atom. The number of ketones is 2. The fraction of sp³-hybridized carbons (Fsp3) is 0.258. The first-order valence-corrected chi connectivity index (χ1v) is 12.7. The molecule has 3 heterocycles. The third kappa shape index (κ3) is 3.24. The number of carbonyl (C=O) groups is 3. The molecule has 1 N–H and O–H groups in total. The molecule has 1 amide bonds. The summed E-state index contributed by atoms with van der Waals surface area (Å²) in [5.41, 5.74) is 2.87. The van der Waals surface area contributed by atoms with Crippen LogP contribution in [-0.2, 0) is 21.4 Å². The molecular weight excluding hydrogens is 467 g/mol. The average molecular weight is 495 g/mol. The van der Waals surface area contributed by atoms with Crippen LogP contribution >= 0.6 is 0 Å². The topological polar surface area (TPSA) is 66.5 Å². The second-order valence-corrected chi connectivity index (χ2v) is 10.1. The van der Waals surface area contributed by atoms with Crippen LogP contribution in [0.1, 0.15) is 47.3 Å². The van der Waals surface area contributed by atoms with Gasteiger partial charge in [0.25, 0.3) is 0 Å². The van der Waals surface area contributed by atoms with Gasteiger partial charge in [-0.1, -0.05) is 68.0 Å². The minimum Gasteiger partial charge on any atom is -0.352 e. The molecule has 1 saturated heterocycles. The van der Waals surface area contributed by atoms with Gasteiger partial charge in [-0.2, -0.15) is 0 Å². The largest absolute Gasteiger partial charge is 0.352 e. The molecule has 4 atom stereocenters. The maximum atomic E-state index is 14.4. The second-order valence-electron chi connectivity index (χ2n) is 10.1. The number of nitrogens with one attached hydrogen (secondary N) is 1. The minimum absolute atomic E-state index is 0.217. The van der Waals surface area contributed by atoms with Gasteiger partial charge in [0.2, 0.25) is 5.91 Å². The van der Waals surface area contributed by atoms with E-state index >= 15 is 0 Å². The van der Waals surface area contributed by atoms with Crippen LogP contribution in [0.2, 0.25) is 0 Å². The zero-order chi connectivity index (χ0) is 25.9. The lowest BCUT2D eigenvalue weighted by molar-refractivity contribution is -0.122. The van der Waals surface area contributed by atoms with E-state index in [1.807, 2.05) is 47.4 Å². The van der Waals surface area contributed by atoms with Crippen LogP contribution in [0.25, 0.3) is 6.08 Å². The Bertz CT molecular complexity index is 1480. The van der Waals surface area contributed by atoms with E-state index in [2.05, 4.69) is 12.2 Å². The van der Waals surface area contributed by atoms with Crippen molar-refractivity contribution in [2.24, 2.45) is 5.92 Å². The lowest BCUT2D eigenvalue weighted by Crippen LogP contribution is -2.51. The number of hydrogen-bond acceptors (Lipinski definition) is 4. The van der Waals surface area contributed by atoms with Crippen LogP contribution in [0.3, 0.4) is 0 Å². The van der Waals surface area contributed by atoms with Crippen LogP contribution in [-0.4, -0.2) is 29.6 Å². The Hall–Kier alpha value is -4.06. The van der Waals surface area contributed by atoms with E-state index in [9.17, 15) is 18.8 Å². The van der Waals surface area contributed by atoms with Gasteiger partial charge >= 0.3 is 0 Å². The molecule has 1 spiro atoms. The third-order valence-electron chi connectivity index (χ3n) is 8.07. The van der Waals surface area contributed by atoms with E-state index in [0.717, 1.165) is 18.4 Å². The summed E-state index contributed by atoms with van der Waals surface area (Å²) in [5, 5.41) is 2.99. The molecule has 3 aromatic carbocycles. The molecule has 3 aliphatic rings. The van der Waals surface area contributed by atoms with Crippen molar-refractivity contribution in [1.82, 2.24) is 0 Å². The Morgan fingerprint density at radius 1 is 1.05 bits per heavy atom. The molecule has 6 rings (SSSR count). The first-order chi connectivity index (χ1) is 17.9. The van der Waals surface area contributed by atoms with Crippen LogP contribution in [0.4, 0.5) is 15.8 Å². The van der Waals surface area contributed by atoms with Crippen LogP contribution < -0.4 is 10.2 Å². The minimum atomic E-state index is -1.32. The van der Waals surface area contributed by atoms with Gasteiger partial charge in [0.15, 0.2) is 11.6 Å². The van der Waals surface area contributed by atoms with Gasteiger partial charge in [-0.3, -0.25) is 14.4 Å². The van der Waals surface area contributed by atoms with Crippen LogP contribution in [0.5, 0.6) is 0 Å². The quantitative estimate of drug-likeness (QED) is 0.486. The molecule has 0 aromatic heterocycles. The number of Topliss-reactive ketones (excluding diaryl/α,β-unsaturated/α-hetero) is 2. The maximum Gasteiger partial charge on any atom is 0.238 e. The molecule has 37 heavy (non-hydrogen) atoms. The van der Waals surface area contributed by atoms with Crippen molar-refractivity contribution in [3.05, 3.63) is 101 Å². The second kappa shape index (κ2) is 8.51. The molecule has 5 nitrogen and oxygen atoms in total. The number of para-hydroxylation sites is 1. The number of carbonyl (C=O) groups excluding carboxylic acids is 3. The van der Waals surface area contributed by atoms with Gasteiger partial charge in [-0.05, 0) is 48.7 Å². The number of aryl methyl sites for hydroxylation is 1. The molecule has 186 valence electrons. The summed E-state index contributed by atoms with van der Waals surface area (Å²) in [5.74, 6) is -2.13. The van der Waals surface area contributed by atoms with Crippen molar-refractivity contribution in [3.63, 3.8) is 0 Å². The van der Waals surface area contributed by atoms with Gasteiger partial charge in [0.05, 0.1) is 18.0 Å². The van der Waals surface area contributed by atoms with E-state index in [4.69, 9.17) is 0 Å². The van der Waals surface area contributed by atoms with E-state index < -0.39 is 23.4 Å². The zero-order valence-electron chi connectivity index (χ0n) is 20.7. The Labute approximate surface area is 215 Å². The lowest BCUT2D eigenvalue weighted by Gasteiger charge is -2.37. The normalized spacial score (nSPS) is 25.0. The SMILES string of the molecule is CCCc1ccc(C(=O)[C@@H]2[C@H](C(C)=O)N3c4ccc(F)cc4C=C[C@@H]3[C@@]23C(=O)Nc2ccccc23)cc1. The molecule has 3 aromatic rings. The number of hydrogen-bond donors (Lipinski definition) is 1. The van der Waals surface area contributed by atoms with Crippen molar-refractivity contribution >= 4 is 34.9 Å². The molecule has 0 radical (unpaired) electrons. The zero-order valence-corrected chi connectivity index (χ0v) is 20.7. The van der Waals surface area contributed by atoms with Gasteiger partial charge in [0, 0.05) is 22.5 Å². The fourth-order valence-corrected chi connectivity index (χ4v) is 6.61. The van der Waals surface area contributed by atoms with Crippen molar-refractivity contribution in [2.45, 2.75) is 44.2 Å². The van der Waals surface area contributed by atoms with Crippen molar-refractivity contribution < 1.29 is 18.8 Å². The van der Waals surface area contributed by atoms with Crippen molar-refractivity contribution in [1.29, 1.82) is 0 Å². The monoisotopic (exact) mass is 494 g/mol. The highest BCUT2D eigenvalue weighted by molar-refractivity contribution is 6.16. The van der Waals surface area contributed by atoms with Gasteiger partial charge in [-0.15, -0.1) is 0 Å². The first-order valence-electron chi connectivity index (χ1n) is 12.7. The van der Waals surface area contributed by atoms with Crippen LogP contribution in [0.15, 0.2) is 72.8 Å². The molecule has 1 fully saturated rings. The average Bonchev–Trinajstić information content (AvgIpc) is 3.37. The predicted molar refractivity (Wildman–Crippen MR) is 141 cm³/mol. The van der Waals surface area contributed by atoms with E-state index in [0.29, 0.717) is 28.1 Å². The number of fused-ring (bicyclic) bond motifs is 6.